The number of nitrogens with zero attached hydrogens (tertiary/aromatic N) is 2. The van der Waals surface area contributed by atoms with Crippen LogP contribution in [0.1, 0.15) is 18.7 Å². The van der Waals surface area contributed by atoms with Crippen molar-refractivity contribution < 1.29 is 4.74 Å². The Bertz CT molecular complexity index is 271. The Morgan fingerprint density at radius 2 is 2.64 bits per heavy atom. The molecule has 1 aromatic rings. The molecule has 1 atom stereocenters. The smallest absolute Gasteiger partial charge is 0.0975 e. The molecule has 2 rings (SSSR count). The monoisotopic (exact) mass is 216 g/mol. The van der Waals surface area contributed by atoms with Crippen LogP contribution in [0.2, 0.25) is 0 Å². The van der Waals surface area contributed by atoms with Crippen LogP contribution in [0.5, 0.6) is 0 Å². The van der Waals surface area contributed by atoms with Gasteiger partial charge in [-0.1, -0.05) is 0 Å². The van der Waals surface area contributed by atoms with Crippen molar-refractivity contribution in [3.05, 3.63) is 16.4 Å². The highest BCUT2D eigenvalue weighted by molar-refractivity contribution is 9.10. The number of rotatable bonds is 0. The Morgan fingerprint density at radius 3 is 3.36 bits per heavy atom. The standard InChI is InChI=1S/C7H9BrN2O/c1-5-7-6(8)4-9-10(7)2-3-11-5/h4-5H,2-3H2,1H3. The highest BCUT2D eigenvalue weighted by atomic mass is 79.9. The van der Waals surface area contributed by atoms with E-state index in [-0.39, 0.29) is 6.10 Å². The molecule has 4 heteroatoms. The summed E-state index contributed by atoms with van der Waals surface area (Å²) in [4.78, 5) is 0. The first-order valence-electron chi connectivity index (χ1n) is 3.62. The lowest BCUT2D eigenvalue weighted by Gasteiger charge is -2.21. The summed E-state index contributed by atoms with van der Waals surface area (Å²) in [6.45, 7) is 3.67. The highest BCUT2D eigenvalue weighted by Crippen LogP contribution is 2.27. The Labute approximate surface area is 73.5 Å². The van der Waals surface area contributed by atoms with Gasteiger partial charge in [0.1, 0.15) is 0 Å². The van der Waals surface area contributed by atoms with E-state index in [1.165, 1.54) is 0 Å². The van der Waals surface area contributed by atoms with Gasteiger partial charge in [-0.3, -0.25) is 4.68 Å². The van der Waals surface area contributed by atoms with Crippen LogP contribution in [-0.4, -0.2) is 16.4 Å². The maximum absolute atomic E-state index is 5.45. The molecule has 0 radical (unpaired) electrons. The second-order valence-corrected chi connectivity index (χ2v) is 3.47. The first kappa shape index (κ1) is 7.31. The summed E-state index contributed by atoms with van der Waals surface area (Å²) < 4.78 is 8.48. The summed E-state index contributed by atoms with van der Waals surface area (Å²) in [5.74, 6) is 0. The molecule has 11 heavy (non-hydrogen) atoms. The molecule has 0 bridgehead atoms. The molecule has 0 N–H and O–H groups in total. The van der Waals surface area contributed by atoms with E-state index in [4.69, 9.17) is 4.74 Å². The zero-order chi connectivity index (χ0) is 7.84. The predicted molar refractivity (Wildman–Crippen MR) is 44.3 cm³/mol. The molecule has 0 spiro atoms. The van der Waals surface area contributed by atoms with Crippen molar-refractivity contribution in [3.63, 3.8) is 0 Å². The third-order valence-corrected chi connectivity index (χ3v) is 2.50. The van der Waals surface area contributed by atoms with Gasteiger partial charge in [0.15, 0.2) is 0 Å². The Kier molecular flexibility index (Phi) is 1.73. The van der Waals surface area contributed by atoms with Gasteiger partial charge in [0, 0.05) is 0 Å². The summed E-state index contributed by atoms with van der Waals surface area (Å²) in [6, 6.07) is 0. The van der Waals surface area contributed by atoms with Crippen LogP contribution < -0.4 is 0 Å². The van der Waals surface area contributed by atoms with Gasteiger partial charge in [-0.05, 0) is 22.9 Å². The van der Waals surface area contributed by atoms with Gasteiger partial charge in [-0.25, -0.2) is 0 Å². The van der Waals surface area contributed by atoms with E-state index in [2.05, 4.69) is 21.0 Å². The van der Waals surface area contributed by atoms with Crippen molar-refractivity contribution in [2.45, 2.75) is 19.6 Å². The van der Waals surface area contributed by atoms with Gasteiger partial charge in [0.25, 0.3) is 0 Å². The lowest BCUT2D eigenvalue weighted by Crippen LogP contribution is -2.20. The summed E-state index contributed by atoms with van der Waals surface area (Å²) in [6.07, 6.45) is 1.99. The van der Waals surface area contributed by atoms with Crippen LogP contribution in [0.3, 0.4) is 0 Å². The molecule has 2 heterocycles. The fourth-order valence-corrected chi connectivity index (χ4v) is 1.97. The molecule has 0 aromatic carbocycles. The number of fused-ring (bicyclic) bond motifs is 1. The second kappa shape index (κ2) is 2.60. The average Bonchev–Trinajstić information content (AvgIpc) is 2.34. The zero-order valence-corrected chi connectivity index (χ0v) is 7.84. The SMILES string of the molecule is CC1OCCn2ncc(Br)c21. The number of hydrogen-bond acceptors (Lipinski definition) is 2. The van der Waals surface area contributed by atoms with Gasteiger partial charge in [-0.15, -0.1) is 0 Å². The second-order valence-electron chi connectivity index (χ2n) is 2.61. The van der Waals surface area contributed by atoms with Crippen LogP contribution in [0.25, 0.3) is 0 Å². The minimum absolute atomic E-state index is 0.167. The third-order valence-electron chi connectivity index (χ3n) is 1.89. The minimum atomic E-state index is 0.167. The van der Waals surface area contributed by atoms with Crippen LogP contribution in [-0.2, 0) is 11.3 Å². The first-order valence-corrected chi connectivity index (χ1v) is 4.41. The molecule has 1 aliphatic rings. The number of hydrogen-bond donors (Lipinski definition) is 0. The van der Waals surface area contributed by atoms with Crippen molar-refractivity contribution in [2.75, 3.05) is 6.61 Å². The molecule has 1 aromatic heterocycles. The maximum Gasteiger partial charge on any atom is 0.0975 e. The van der Waals surface area contributed by atoms with E-state index in [1.807, 2.05) is 17.8 Å². The molecule has 60 valence electrons. The van der Waals surface area contributed by atoms with E-state index < -0.39 is 0 Å². The van der Waals surface area contributed by atoms with E-state index in [9.17, 15) is 0 Å². The number of ether oxygens (including phenoxy) is 1. The Balaban J connectivity index is 2.48. The van der Waals surface area contributed by atoms with Crippen LogP contribution >= 0.6 is 15.9 Å². The Hall–Kier alpha value is -0.350. The predicted octanol–water partition coefficient (Wildman–Crippen LogP) is 1.74. The van der Waals surface area contributed by atoms with E-state index in [0.29, 0.717) is 0 Å². The van der Waals surface area contributed by atoms with E-state index in [0.717, 1.165) is 23.3 Å². The van der Waals surface area contributed by atoms with E-state index >= 15 is 0 Å². The fraction of sp³-hybridized carbons (Fsp3) is 0.571. The molecule has 1 aliphatic heterocycles. The molecule has 0 aliphatic carbocycles. The molecule has 0 saturated carbocycles. The van der Waals surface area contributed by atoms with Crippen molar-refractivity contribution in [1.29, 1.82) is 0 Å². The summed E-state index contributed by atoms with van der Waals surface area (Å²) in [7, 11) is 0. The van der Waals surface area contributed by atoms with Crippen molar-refractivity contribution in [1.82, 2.24) is 9.78 Å². The fourth-order valence-electron chi connectivity index (χ4n) is 1.35. The largest absolute Gasteiger partial charge is 0.370 e. The minimum Gasteiger partial charge on any atom is -0.370 e. The normalized spacial score (nSPS) is 23.3. The van der Waals surface area contributed by atoms with Crippen LogP contribution in [0, 0.1) is 0 Å². The number of aromatic nitrogens is 2. The highest BCUT2D eigenvalue weighted by Gasteiger charge is 2.20. The average molecular weight is 217 g/mol. The van der Waals surface area contributed by atoms with Crippen molar-refractivity contribution in [3.8, 4) is 0 Å². The topological polar surface area (TPSA) is 27.1 Å². The quantitative estimate of drug-likeness (QED) is 0.661. The van der Waals surface area contributed by atoms with Crippen LogP contribution in [0.4, 0.5) is 0 Å². The summed E-state index contributed by atoms with van der Waals surface area (Å²) in [5.41, 5.74) is 1.15. The zero-order valence-electron chi connectivity index (χ0n) is 6.25. The molecule has 0 fully saturated rings. The van der Waals surface area contributed by atoms with Gasteiger partial charge < -0.3 is 4.74 Å². The molecule has 0 saturated heterocycles. The molecular weight excluding hydrogens is 208 g/mol. The van der Waals surface area contributed by atoms with Gasteiger partial charge in [0.2, 0.25) is 0 Å². The molecule has 3 nitrogen and oxygen atoms in total. The van der Waals surface area contributed by atoms with Crippen molar-refractivity contribution >= 4 is 15.9 Å². The van der Waals surface area contributed by atoms with Gasteiger partial charge in [0.05, 0.1) is 35.6 Å². The van der Waals surface area contributed by atoms with Gasteiger partial charge in [-0.2, -0.15) is 5.10 Å². The lowest BCUT2D eigenvalue weighted by atomic mass is 10.2. The van der Waals surface area contributed by atoms with Crippen LogP contribution in [0.15, 0.2) is 10.7 Å². The van der Waals surface area contributed by atoms with Gasteiger partial charge >= 0.3 is 0 Å². The molecule has 1 unspecified atom stereocenters. The Morgan fingerprint density at radius 1 is 1.82 bits per heavy atom. The van der Waals surface area contributed by atoms with E-state index in [1.54, 1.807) is 0 Å². The summed E-state index contributed by atoms with van der Waals surface area (Å²) in [5, 5.41) is 4.20. The number of halogens is 1. The lowest BCUT2D eigenvalue weighted by molar-refractivity contribution is 0.0283. The molecular formula is C7H9BrN2O. The molecule has 0 amide bonds. The van der Waals surface area contributed by atoms with Crippen molar-refractivity contribution in [2.24, 2.45) is 0 Å². The third kappa shape index (κ3) is 1.10. The first-order chi connectivity index (χ1) is 5.29. The summed E-state index contributed by atoms with van der Waals surface area (Å²) >= 11 is 3.43. The maximum atomic E-state index is 5.45.